The smallest absolute Gasteiger partial charge is 0.328 e. The molecule has 0 saturated heterocycles. The van der Waals surface area contributed by atoms with Crippen LogP contribution >= 0.6 is 0 Å². The fourth-order valence-corrected chi connectivity index (χ4v) is 1.40. The maximum absolute atomic E-state index is 11.3. The van der Waals surface area contributed by atoms with Crippen molar-refractivity contribution < 1.29 is 15.0 Å². The lowest BCUT2D eigenvalue weighted by Crippen LogP contribution is -2.47. The van der Waals surface area contributed by atoms with Gasteiger partial charge in [-0.2, -0.15) is 0 Å². The van der Waals surface area contributed by atoms with Gasteiger partial charge in [0.05, 0.1) is 0 Å². The molecule has 88 valence electrons. The van der Waals surface area contributed by atoms with Crippen LogP contribution in [0.3, 0.4) is 0 Å². The molecule has 0 spiro atoms. The Morgan fingerprint density at radius 3 is 2.62 bits per heavy atom. The highest BCUT2D eigenvalue weighted by Gasteiger charge is 2.34. The Balaban J connectivity index is 2.85. The minimum absolute atomic E-state index is 0.0407. The zero-order valence-corrected chi connectivity index (χ0v) is 9.18. The molecule has 0 aliphatic carbocycles. The number of hydrogen-bond acceptors (Lipinski definition) is 4. The number of carbonyl (C=O) groups is 1. The maximum atomic E-state index is 11.3. The van der Waals surface area contributed by atoms with Crippen molar-refractivity contribution in [3.8, 4) is 0 Å². The van der Waals surface area contributed by atoms with Crippen molar-refractivity contribution >= 4 is 5.97 Å². The van der Waals surface area contributed by atoms with Crippen molar-refractivity contribution in [3.05, 3.63) is 30.1 Å². The fraction of sp³-hybridized carbons (Fsp3) is 0.455. The fourth-order valence-electron chi connectivity index (χ4n) is 1.40. The third-order valence-electron chi connectivity index (χ3n) is 2.50. The first kappa shape index (κ1) is 12.6. The van der Waals surface area contributed by atoms with E-state index in [1.807, 2.05) is 0 Å². The third-order valence-corrected chi connectivity index (χ3v) is 2.50. The maximum Gasteiger partial charge on any atom is 0.328 e. The summed E-state index contributed by atoms with van der Waals surface area (Å²) in [6.07, 6.45) is 3.64. The van der Waals surface area contributed by atoms with Gasteiger partial charge < -0.3 is 10.2 Å². The van der Waals surface area contributed by atoms with E-state index in [9.17, 15) is 9.90 Å². The Morgan fingerprint density at radius 2 is 2.12 bits per heavy atom. The summed E-state index contributed by atoms with van der Waals surface area (Å²) < 4.78 is 0. The molecule has 0 aliphatic rings. The van der Waals surface area contributed by atoms with Gasteiger partial charge in [-0.25, -0.2) is 4.79 Å². The van der Waals surface area contributed by atoms with Crippen molar-refractivity contribution in [2.75, 3.05) is 13.2 Å². The lowest BCUT2D eigenvalue weighted by atomic mass is 9.93. The zero-order valence-electron chi connectivity index (χ0n) is 9.18. The Bertz CT molecular complexity index is 342. The van der Waals surface area contributed by atoms with Crippen LogP contribution in [0.15, 0.2) is 24.5 Å². The Hall–Kier alpha value is -1.46. The van der Waals surface area contributed by atoms with E-state index in [0.717, 1.165) is 0 Å². The summed E-state index contributed by atoms with van der Waals surface area (Å²) in [4.78, 5) is 15.1. The number of pyridine rings is 1. The normalized spacial score (nSPS) is 14.4. The number of aliphatic hydroxyl groups is 1. The van der Waals surface area contributed by atoms with Crippen molar-refractivity contribution in [2.45, 2.75) is 18.9 Å². The minimum atomic E-state index is -1.14. The zero-order chi connectivity index (χ0) is 12.0. The molecule has 1 heterocycles. The molecular weight excluding hydrogens is 208 g/mol. The molecule has 1 atom stereocenters. The summed E-state index contributed by atoms with van der Waals surface area (Å²) in [5.74, 6) is -0.948. The van der Waals surface area contributed by atoms with E-state index in [2.05, 4.69) is 10.3 Å². The van der Waals surface area contributed by atoms with Crippen LogP contribution in [0.5, 0.6) is 0 Å². The molecule has 0 aromatic carbocycles. The van der Waals surface area contributed by atoms with Crippen LogP contribution in [0, 0.1) is 0 Å². The second-order valence-corrected chi connectivity index (χ2v) is 3.67. The van der Waals surface area contributed by atoms with E-state index in [1.54, 1.807) is 31.5 Å². The van der Waals surface area contributed by atoms with Gasteiger partial charge in [-0.3, -0.25) is 10.3 Å². The van der Waals surface area contributed by atoms with Crippen molar-refractivity contribution in [2.24, 2.45) is 0 Å². The van der Waals surface area contributed by atoms with Crippen LogP contribution in [0.25, 0.3) is 0 Å². The Kier molecular flexibility index (Phi) is 4.39. The topological polar surface area (TPSA) is 82.5 Å². The summed E-state index contributed by atoms with van der Waals surface area (Å²) in [5.41, 5.74) is -0.495. The number of nitrogens with zero attached hydrogens (tertiary/aromatic N) is 1. The summed E-state index contributed by atoms with van der Waals surface area (Å²) in [6, 6.07) is 3.33. The molecule has 0 bridgehead atoms. The lowest BCUT2D eigenvalue weighted by molar-refractivity contribution is -0.144. The summed E-state index contributed by atoms with van der Waals surface area (Å²) in [5, 5.41) is 20.8. The number of aliphatic carboxylic acids is 1. The van der Waals surface area contributed by atoms with Gasteiger partial charge in [0.25, 0.3) is 0 Å². The molecule has 16 heavy (non-hydrogen) atoms. The molecule has 0 aliphatic heterocycles. The quantitative estimate of drug-likeness (QED) is 0.607. The van der Waals surface area contributed by atoms with E-state index >= 15 is 0 Å². The lowest BCUT2D eigenvalue weighted by Gasteiger charge is -2.26. The molecule has 1 aromatic heterocycles. The van der Waals surface area contributed by atoms with E-state index < -0.39 is 11.5 Å². The minimum Gasteiger partial charge on any atom is -0.480 e. The average Bonchev–Trinajstić information content (AvgIpc) is 2.30. The van der Waals surface area contributed by atoms with Crippen LogP contribution in [0.2, 0.25) is 0 Å². The second-order valence-electron chi connectivity index (χ2n) is 3.67. The first-order chi connectivity index (χ1) is 7.61. The Labute approximate surface area is 94.1 Å². The van der Waals surface area contributed by atoms with Gasteiger partial charge in [-0.1, -0.05) is 0 Å². The SMILES string of the molecule is CC(NCCCO)(C(=O)O)c1ccncc1. The third kappa shape index (κ3) is 2.77. The average molecular weight is 224 g/mol. The largest absolute Gasteiger partial charge is 0.480 e. The van der Waals surface area contributed by atoms with Crippen LogP contribution < -0.4 is 5.32 Å². The molecule has 5 heteroatoms. The molecule has 5 nitrogen and oxygen atoms in total. The van der Waals surface area contributed by atoms with Gasteiger partial charge >= 0.3 is 5.97 Å². The summed E-state index contributed by atoms with van der Waals surface area (Å²) in [7, 11) is 0. The number of carboxylic acids is 1. The molecule has 0 saturated carbocycles. The number of aromatic nitrogens is 1. The number of nitrogens with one attached hydrogen (secondary N) is 1. The molecule has 0 fully saturated rings. The molecule has 1 rings (SSSR count). The molecule has 0 amide bonds. The van der Waals surface area contributed by atoms with Gasteiger partial charge in [-0.05, 0) is 37.6 Å². The monoisotopic (exact) mass is 224 g/mol. The predicted molar refractivity (Wildman–Crippen MR) is 58.9 cm³/mol. The van der Waals surface area contributed by atoms with Crippen LogP contribution in [-0.4, -0.2) is 34.3 Å². The standard InChI is InChI=1S/C11H16N2O3/c1-11(10(15)16,13-5-2-8-14)9-3-6-12-7-4-9/h3-4,6-7,13-14H,2,5,8H2,1H3,(H,15,16). The highest BCUT2D eigenvalue weighted by molar-refractivity contribution is 5.80. The van der Waals surface area contributed by atoms with Gasteiger partial charge in [-0.15, -0.1) is 0 Å². The van der Waals surface area contributed by atoms with Crippen LogP contribution in [-0.2, 0) is 10.3 Å². The number of hydrogen-bond donors (Lipinski definition) is 3. The summed E-state index contributed by atoms with van der Waals surface area (Å²) >= 11 is 0. The Morgan fingerprint density at radius 1 is 1.50 bits per heavy atom. The van der Waals surface area contributed by atoms with Gasteiger partial charge in [0.2, 0.25) is 0 Å². The first-order valence-corrected chi connectivity index (χ1v) is 5.11. The van der Waals surface area contributed by atoms with Crippen molar-refractivity contribution in [3.63, 3.8) is 0 Å². The first-order valence-electron chi connectivity index (χ1n) is 5.11. The van der Waals surface area contributed by atoms with E-state index in [-0.39, 0.29) is 6.61 Å². The van der Waals surface area contributed by atoms with Gasteiger partial charge in [0, 0.05) is 19.0 Å². The van der Waals surface area contributed by atoms with Crippen molar-refractivity contribution in [1.82, 2.24) is 10.3 Å². The highest BCUT2D eigenvalue weighted by atomic mass is 16.4. The number of rotatable bonds is 6. The number of aliphatic hydroxyl groups excluding tert-OH is 1. The molecule has 1 aromatic rings. The molecule has 1 unspecified atom stereocenters. The molecule has 0 radical (unpaired) electrons. The highest BCUT2D eigenvalue weighted by Crippen LogP contribution is 2.20. The molecular formula is C11H16N2O3. The summed E-state index contributed by atoms with van der Waals surface area (Å²) in [6.45, 7) is 2.09. The molecule has 3 N–H and O–H groups in total. The van der Waals surface area contributed by atoms with Gasteiger partial charge in [0.1, 0.15) is 5.54 Å². The van der Waals surface area contributed by atoms with Crippen LogP contribution in [0.1, 0.15) is 18.9 Å². The van der Waals surface area contributed by atoms with E-state index in [1.165, 1.54) is 0 Å². The van der Waals surface area contributed by atoms with E-state index in [0.29, 0.717) is 18.5 Å². The second kappa shape index (κ2) is 5.58. The van der Waals surface area contributed by atoms with Crippen LogP contribution in [0.4, 0.5) is 0 Å². The predicted octanol–water partition coefficient (Wildman–Crippen LogP) is 0.353. The van der Waals surface area contributed by atoms with Gasteiger partial charge in [0.15, 0.2) is 0 Å². The van der Waals surface area contributed by atoms with E-state index in [4.69, 9.17) is 5.11 Å². The number of carboxylic acid groups (broad SMARTS) is 1. The van der Waals surface area contributed by atoms with Crippen molar-refractivity contribution in [1.29, 1.82) is 0 Å².